The highest BCUT2D eigenvalue weighted by molar-refractivity contribution is 7.98. The topological polar surface area (TPSA) is 63.3 Å². The number of hydrogen-bond donors (Lipinski definition) is 2. The van der Waals surface area contributed by atoms with E-state index in [0.717, 1.165) is 5.75 Å². The van der Waals surface area contributed by atoms with E-state index in [9.17, 15) is 4.79 Å². The molecule has 0 spiro atoms. The van der Waals surface area contributed by atoms with Gasteiger partial charge in [0.25, 0.3) is 0 Å². The smallest absolute Gasteiger partial charge is 0.320 e. The molecule has 0 aromatic rings. The molecule has 1 atom stereocenters. The Bertz CT molecular complexity index is 99.6. The van der Waals surface area contributed by atoms with E-state index in [2.05, 4.69) is 0 Å². The molecule has 0 aromatic heterocycles. The van der Waals surface area contributed by atoms with E-state index in [1.165, 1.54) is 0 Å². The van der Waals surface area contributed by atoms with Gasteiger partial charge in [-0.3, -0.25) is 4.79 Å². The molecule has 0 aromatic carbocycles. The summed E-state index contributed by atoms with van der Waals surface area (Å²) < 4.78 is 0. The third-order valence-corrected chi connectivity index (χ3v) is 1.59. The monoisotopic (exact) mass is 183 g/mol. The molecule has 3 nitrogen and oxygen atoms in total. The molecule has 0 rings (SSSR count). The molecule has 0 aliphatic heterocycles. The van der Waals surface area contributed by atoms with Crippen LogP contribution in [0.2, 0.25) is 0 Å². The molecular weight excluding hydrogens is 170 g/mol. The van der Waals surface area contributed by atoms with Crippen LogP contribution in [-0.2, 0) is 4.79 Å². The maximum Gasteiger partial charge on any atom is 0.320 e. The zero-order valence-corrected chi connectivity index (χ0v) is 7.65. The first-order valence-electron chi connectivity index (χ1n) is 2.65. The summed E-state index contributed by atoms with van der Waals surface area (Å²) in [5.74, 6) is -0.1000. The lowest BCUT2D eigenvalue weighted by molar-refractivity contribution is -0.138. The van der Waals surface area contributed by atoms with Crippen molar-refractivity contribution in [3.8, 4) is 0 Å². The lowest BCUT2D eigenvalue weighted by Crippen LogP contribution is -2.30. The van der Waals surface area contributed by atoms with E-state index >= 15 is 0 Å². The minimum atomic E-state index is -0.913. The van der Waals surface area contributed by atoms with Crippen LogP contribution >= 0.6 is 25.3 Å². The molecule has 0 aliphatic rings. The highest BCUT2D eigenvalue weighted by Crippen LogP contribution is 1.97. The van der Waals surface area contributed by atoms with Crippen LogP contribution in [0.4, 0.5) is 0 Å². The molecule has 0 aliphatic carbocycles. The van der Waals surface area contributed by atoms with Crippen molar-refractivity contribution in [1.82, 2.24) is 0 Å². The van der Waals surface area contributed by atoms with Crippen molar-refractivity contribution >= 4 is 31.2 Å². The normalized spacial score (nSPS) is 11.8. The van der Waals surface area contributed by atoms with Gasteiger partial charge in [0, 0.05) is 0 Å². The Morgan fingerprint density at radius 2 is 2.30 bits per heavy atom. The van der Waals surface area contributed by atoms with Crippen LogP contribution in [0.3, 0.4) is 0 Å². The molecule has 0 bridgehead atoms. The third-order valence-electron chi connectivity index (χ3n) is 0.950. The zero-order chi connectivity index (χ0) is 7.28. The summed E-state index contributed by atoms with van der Waals surface area (Å²) >= 11 is 1.60. The third kappa shape index (κ3) is 6.25. The summed E-state index contributed by atoms with van der Waals surface area (Å²) in [4.78, 5) is 10.1. The predicted molar refractivity (Wildman–Crippen MR) is 49.0 cm³/mol. The number of rotatable bonds is 4. The van der Waals surface area contributed by atoms with Gasteiger partial charge in [-0.15, -0.1) is 0 Å². The van der Waals surface area contributed by atoms with Gasteiger partial charge < -0.3 is 10.8 Å². The summed E-state index contributed by atoms with van der Waals surface area (Å²) in [5.41, 5.74) is 5.19. The molecule has 62 valence electrons. The SMILES string of the molecule is CSCC[C@H](N)C(=O)O.S. The van der Waals surface area contributed by atoms with E-state index in [4.69, 9.17) is 10.8 Å². The average Bonchev–Trinajstić information content (AvgIpc) is 1.82. The van der Waals surface area contributed by atoms with E-state index in [1.807, 2.05) is 6.26 Å². The van der Waals surface area contributed by atoms with Crippen molar-refractivity contribution in [3.05, 3.63) is 0 Å². The first kappa shape index (κ1) is 12.8. The Labute approximate surface area is 71.8 Å². The second-order valence-electron chi connectivity index (χ2n) is 1.73. The quantitative estimate of drug-likeness (QED) is 0.656. The Morgan fingerprint density at radius 1 is 1.80 bits per heavy atom. The summed E-state index contributed by atoms with van der Waals surface area (Å²) in [6.45, 7) is 0. The fourth-order valence-electron chi connectivity index (χ4n) is 0.368. The first-order chi connectivity index (χ1) is 4.18. The molecular formula is C5H13NO2S2. The molecule has 5 heteroatoms. The van der Waals surface area contributed by atoms with Gasteiger partial charge in [-0.25, -0.2) is 0 Å². The molecule has 0 heterocycles. The number of carboxylic acids is 1. The van der Waals surface area contributed by atoms with Crippen LogP contribution < -0.4 is 5.73 Å². The Morgan fingerprint density at radius 3 is 2.60 bits per heavy atom. The Balaban J connectivity index is 0. The summed E-state index contributed by atoms with van der Waals surface area (Å²) in [7, 11) is 0. The van der Waals surface area contributed by atoms with Crippen LogP contribution in [0, 0.1) is 0 Å². The molecule has 0 saturated carbocycles. The Kier molecular flexibility index (Phi) is 9.25. The van der Waals surface area contributed by atoms with Crippen LogP contribution in [0.15, 0.2) is 0 Å². The second-order valence-corrected chi connectivity index (χ2v) is 2.71. The van der Waals surface area contributed by atoms with Gasteiger partial charge in [0.05, 0.1) is 0 Å². The molecule has 0 radical (unpaired) electrons. The maximum atomic E-state index is 10.1. The van der Waals surface area contributed by atoms with E-state index in [-0.39, 0.29) is 13.5 Å². The van der Waals surface area contributed by atoms with Gasteiger partial charge in [-0.05, 0) is 18.4 Å². The van der Waals surface area contributed by atoms with Crippen molar-refractivity contribution in [3.63, 3.8) is 0 Å². The van der Waals surface area contributed by atoms with Crippen LogP contribution in [0.25, 0.3) is 0 Å². The van der Waals surface area contributed by atoms with E-state index < -0.39 is 12.0 Å². The number of hydrogen-bond acceptors (Lipinski definition) is 3. The molecule has 3 N–H and O–H groups in total. The van der Waals surface area contributed by atoms with Crippen LogP contribution in [0.1, 0.15) is 6.42 Å². The molecule has 0 saturated heterocycles. The highest BCUT2D eigenvalue weighted by Gasteiger charge is 2.08. The highest BCUT2D eigenvalue weighted by atomic mass is 32.2. The minimum Gasteiger partial charge on any atom is -0.480 e. The standard InChI is InChI=1S/C5H11NO2S.H2S/c1-9-3-2-4(6)5(7)8;/h4H,2-3,6H2,1H3,(H,7,8);1H2/t4-;/m0./s1. The number of nitrogens with two attached hydrogens (primary N) is 1. The number of thioether (sulfide) groups is 1. The van der Waals surface area contributed by atoms with Gasteiger partial charge in [0.15, 0.2) is 0 Å². The molecule has 0 amide bonds. The predicted octanol–water partition coefficient (Wildman–Crippen LogP) is 0.264. The summed E-state index contributed by atoms with van der Waals surface area (Å²) in [6.07, 6.45) is 2.48. The summed E-state index contributed by atoms with van der Waals surface area (Å²) in [6, 6.07) is -0.683. The molecule has 0 unspecified atom stereocenters. The van der Waals surface area contributed by atoms with Crippen molar-refractivity contribution in [1.29, 1.82) is 0 Å². The zero-order valence-electron chi connectivity index (χ0n) is 5.83. The minimum absolute atomic E-state index is 0. The van der Waals surface area contributed by atoms with Crippen LogP contribution in [0.5, 0.6) is 0 Å². The van der Waals surface area contributed by atoms with E-state index in [1.54, 1.807) is 11.8 Å². The average molecular weight is 183 g/mol. The summed E-state index contributed by atoms with van der Waals surface area (Å²) in [5, 5.41) is 8.27. The molecule has 10 heavy (non-hydrogen) atoms. The van der Waals surface area contributed by atoms with Crippen LogP contribution in [-0.4, -0.2) is 29.1 Å². The number of carbonyl (C=O) groups is 1. The largest absolute Gasteiger partial charge is 0.480 e. The van der Waals surface area contributed by atoms with E-state index in [0.29, 0.717) is 6.42 Å². The van der Waals surface area contributed by atoms with Crippen molar-refractivity contribution in [2.24, 2.45) is 5.73 Å². The second kappa shape index (κ2) is 7.24. The van der Waals surface area contributed by atoms with Crippen molar-refractivity contribution in [2.45, 2.75) is 12.5 Å². The fraction of sp³-hybridized carbons (Fsp3) is 0.800. The maximum absolute atomic E-state index is 10.1. The fourth-order valence-corrected chi connectivity index (χ4v) is 0.858. The van der Waals surface area contributed by atoms with Gasteiger partial charge >= 0.3 is 5.97 Å². The van der Waals surface area contributed by atoms with Gasteiger partial charge in [-0.2, -0.15) is 25.3 Å². The lowest BCUT2D eigenvalue weighted by Gasteiger charge is -2.02. The van der Waals surface area contributed by atoms with Crippen molar-refractivity contribution < 1.29 is 9.90 Å². The van der Waals surface area contributed by atoms with Gasteiger partial charge in [0.2, 0.25) is 0 Å². The first-order valence-corrected chi connectivity index (χ1v) is 4.05. The van der Waals surface area contributed by atoms with Crippen molar-refractivity contribution in [2.75, 3.05) is 12.0 Å². The number of carboxylic acid groups (broad SMARTS) is 1. The Hall–Kier alpha value is 0.130. The number of aliphatic carboxylic acids is 1. The van der Waals surface area contributed by atoms with Gasteiger partial charge in [0.1, 0.15) is 6.04 Å². The molecule has 0 fully saturated rings. The lowest BCUT2D eigenvalue weighted by atomic mass is 10.2. The van der Waals surface area contributed by atoms with Gasteiger partial charge in [-0.1, -0.05) is 0 Å².